The van der Waals surface area contributed by atoms with E-state index in [1.165, 1.54) is 30.3 Å². The maximum Gasteiger partial charge on any atom is 0.491 e. The second kappa shape index (κ2) is 5.72. The monoisotopic (exact) mass is 336 g/mol. The number of nitroso groups, excluding NO2 is 1. The van der Waals surface area contributed by atoms with Crippen molar-refractivity contribution in [2.75, 3.05) is 4.72 Å². The van der Waals surface area contributed by atoms with Gasteiger partial charge in [0, 0.05) is 0 Å². The molecule has 2 aromatic rings. The number of hydrogen-bond acceptors (Lipinski definition) is 6. The van der Waals surface area contributed by atoms with E-state index in [0.717, 1.165) is 6.07 Å². The highest BCUT2D eigenvalue weighted by molar-refractivity contribution is 7.92. The first-order valence-electron chi connectivity index (χ1n) is 6.49. The lowest BCUT2D eigenvalue weighted by molar-refractivity contribution is 0.275. The Morgan fingerprint density at radius 3 is 2.61 bits per heavy atom. The van der Waals surface area contributed by atoms with Crippen LogP contribution < -0.4 is 10.2 Å². The molecule has 0 spiro atoms. The predicted octanol–water partition coefficient (Wildman–Crippen LogP) is 1.24. The lowest BCUT2D eigenvalue weighted by atomic mass is 9.79. The molecule has 10 heteroatoms. The zero-order chi connectivity index (χ0) is 16.6. The minimum atomic E-state index is -4.05. The van der Waals surface area contributed by atoms with Crippen molar-refractivity contribution in [2.45, 2.75) is 11.5 Å². The smallest absolute Gasteiger partial charge is 0.423 e. The van der Waals surface area contributed by atoms with E-state index < -0.39 is 23.0 Å². The summed E-state index contributed by atoms with van der Waals surface area (Å²) in [7, 11) is -5.27. The van der Waals surface area contributed by atoms with Crippen molar-refractivity contribution in [3.8, 4) is 0 Å². The fraction of sp³-hybridized carbons (Fsp3) is 0.0769. The van der Waals surface area contributed by atoms with Crippen molar-refractivity contribution in [1.29, 1.82) is 0 Å². The van der Waals surface area contributed by atoms with Gasteiger partial charge in [0.1, 0.15) is 11.5 Å². The molecule has 2 N–H and O–H groups in total. The summed E-state index contributed by atoms with van der Waals surface area (Å²) in [4.78, 5) is 10.2. The van der Waals surface area contributed by atoms with Gasteiger partial charge < -0.3 is 9.68 Å². The Balaban J connectivity index is 1.94. The van der Waals surface area contributed by atoms with Crippen molar-refractivity contribution >= 4 is 34.0 Å². The van der Waals surface area contributed by atoms with Gasteiger partial charge in [-0.15, -0.1) is 4.91 Å². The number of hydrogen-bond donors (Lipinski definition) is 2. The number of nitrogens with one attached hydrogen (secondary N) is 1. The standard InChI is InChI=1S/C13H10BFN2O5S/c15-12-5-8-7-22-14(18)11(8)6-13(12)17-23(20,21)10-3-1-9(16-19)2-4-10/h1-6,17-18H,7H2. The van der Waals surface area contributed by atoms with E-state index in [9.17, 15) is 22.7 Å². The summed E-state index contributed by atoms with van der Waals surface area (Å²) in [5, 5.41) is 12.3. The van der Waals surface area contributed by atoms with Gasteiger partial charge >= 0.3 is 7.12 Å². The first-order valence-corrected chi connectivity index (χ1v) is 7.97. The third-order valence-electron chi connectivity index (χ3n) is 3.39. The Bertz CT molecular complexity index is 873. The Morgan fingerprint density at radius 1 is 1.26 bits per heavy atom. The van der Waals surface area contributed by atoms with Crippen LogP contribution in [0.4, 0.5) is 15.8 Å². The van der Waals surface area contributed by atoms with Gasteiger partial charge in [-0.3, -0.25) is 4.72 Å². The van der Waals surface area contributed by atoms with E-state index in [1.54, 1.807) is 0 Å². The molecule has 0 saturated carbocycles. The van der Waals surface area contributed by atoms with Gasteiger partial charge in [-0.2, -0.15) is 0 Å². The minimum absolute atomic E-state index is 0.0562. The van der Waals surface area contributed by atoms with Crippen LogP contribution in [-0.2, 0) is 21.3 Å². The van der Waals surface area contributed by atoms with Crippen LogP contribution in [0, 0.1) is 10.7 Å². The van der Waals surface area contributed by atoms with Crippen molar-refractivity contribution in [2.24, 2.45) is 5.18 Å². The van der Waals surface area contributed by atoms with Gasteiger partial charge in [0.2, 0.25) is 0 Å². The summed E-state index contributed by atoms with van der Waals surface area (Å²) in [6.45, 7) is 0.0562. The summed E-state index contributed by atoms with van der Waals surface area (Å²) < 4.78 is 45.6. The molecule has 7 nitrogen and oxygen atoms in total. The van der Waals surface area contributed by atoms with E-state index in [1.807, 2.05) is 0 Å². The Hall–Kier alpha value is -2.30. The second-order valence-corrected chi connectivity index (χ2v) is 6.57. The second-order valence-electron chi connectivity index (χ2n) is 4.88. The van der Waals surface area contributed by atoms with Gasteiger partial charge in [-0.1, -0.05) is 0 Å². The molecule has 0 aliphatic carbocycles. The number of nitrogens with zero attached hydrogens (tertiary/aromatic N) is 1. The summed E-state index contributed by atoms with van der Waals surface area (Å²) in [6, 6.07) is 7.14. The van der Waals surface area contributed by atoms with Crippen LogP contribution in [0.5, 0.6) is 0 Å². The van der Waals surface area contributed by atoms with E-state index in [-0.39, 0.29) is 22.9 Å². The molecule has 0 aromatic heterocycles. The summed E-state index contributed by atoms with van der Waals surface area (Å²) in [5.41, 5.74) is 0.544. The highest BCUT2D eigenvalue weighted by atomic mass is 32.2. The van der Waals surface area contributed by atoms with Crippen LogP contribution in [0.1, 0.15) is 5.56 Å². The Labute approximate surface area is 131 Å². The highest BCUT2D eigenvalue weighted by Crippen LogP contribution is 2.23. The lowest BCUT2D eigenvalue weighted by Gasteiger charge is -2.11. The number of benzene rings is 2. The highest BCUT2D eigenvalue weighted by Gasteiger charge is 2.29. The molecule has 0 unspecified atom stereocenters. The molecule has 0 bridgehead atoms. The van der Waals surface area contributed by atoms with Crippen LogP contribution in [0.3, 0.4) is 0 Å². The van der Waals surface area contributed by atoms with Gasteiger partial charge in [-0.05, 0) is 52.6 Å². The van der Waals surface area contributed by atoms with Crippen molar-refractivity contribution in [1.82, 2.24) is 0 Å². The van der Waals surface area contributed by atoms with Crippen LogP contribution in [0.15, 0.2) is 46.5 Å². The normalized spacial score (nSPS) is 13.7. The van der Waals surface area contributed by atoms with E-state index in [0.29, 0.717) is 11.0 Å². The van der Waals surface area contributed by atoms with E-state index in [2.05, 4.69) is 9.90 Å². The number of rotatable bonds is 4. The average Bonchev–Trinajstić information content (AvgIpc) is 2.88. The fourth-order valence-electron chi connectivity index (χ4n) is 2.21. The van der Waals surface area contributed by atoms with Crippen molar-refractivity contribution in [3.05, 3.63) is 52.7 Å². The summed E-state index contributed by atoms with van der Waals surface area (Å²) in [5.74, 6) is -0.781. The summed E-state index contributed by atoms with van der Waals surface area (Å²) in [6.07, 6.45) is 0. The van der Waals surface area contributed by atoms with Crippen molar-refractivity contribution < 1.29 is 22.5 Å². The number of fused-ring (bicyclic) bond motifs is 1. The van der Waals surface area contributed by atoms with Gasteiger partial charge in [0.15, 0.2) is 0 Å². The third-order valence-corrected chi connectivity index (χ3v) is 4.77. The molecule has 1 aliphatic heterocycles. The topological polar surface area (TPSA) is 105 Å². The Kier molecular flexibility index (Phi) is 3.88. The molecule has 3 rings (SSSR count). The molecule has 1 aliphatic rings. The first kappa shape index (κ1) is 15.6. The van der Waals surface area contributed by atoms with Crippen LogP contribution in [0.2, 0.25) is 0 Å². The first-order chi connectivity index (χ1) is 10.9. The summed E-state index contributed by atoms with van der Waals surface area (Å²) >= 11 is 0. The van der Waals surface area contributed by atoms with Gasteiger partial charge in [0.05, 0.1) is 17.2 Å². The predicted molar refractivity (Wildman–Crippen MR) is 81.5 cm³/mol. The third kappa shape index (κ3) is 2.96. The molecule has 2 aromatic carbocycles. The van der Waals surface area contributed by atoms with Crippen LogP contribution in [-0.4, -0.2) is 20.6 Å². The molecule has 0 radical (unpaired) electrons. The van der Waals surface area contributed by atoms with E-state index in [4.69, 9.17) is 4.65 Å². The van der Waals surface area contributed by atoms with Crippen molar-refractivity contribution in [3.63, 3.8) is 0 Å². The lowest BCUT2D eigenvalue weighted by Crippen LogP contribution is -2.29. The molecule has 0 fully saturated rings. The Morgan fingerprint density at radius 2 is 1.96 bits per heavy atom. The van der Waals surface area contributed by atoms with E-state index >= 15 is 0 Å². The SMILES string of the molecule is O=Nc1ccc(S(=O)(=O)Nc2cc3c(cc2F)COB3O)cc1. The largest absolute Gasteiger partial charge is 0.491 e. The fourth-order valence-corrected chi connectivity index (χ4v) is 3.27. The van der Waals surface area contributed by atoms with Gasteiger partial charge in [0.25, 0.3) is 10.0 Å². The number of sulfonamides is 1. The minimum Gasteiger partial charge on any atom is -0.423 e. The van der Waals surface area contributed by atoms with Gasteiger partial charge in [-0.25, -0.2) is 12.8 Å². The quantitative estimate of drug-likeness (QED) is 0.646. The molecular weight excluding hydrogens is 326 g/mol. The van der Waals surface area contributed by atoms with Crippen LogP contribution >= 0.6 is 0 Å². The molecular formula is C13H10BFN2O5S. The maximum absolute atomic E-state index is 14.0. The van der Waals surface area contributed by atoms with Crippen LogP contribution in [0.25, 0.3) is 0 Å². The number of halogens is 1. The molecule has 0 atom stereocenters. The number of anilines is 1. The molecule has 23 heavy (non-hydrogen) atoms. The molecule has 1 heterocycles. The molecule has 0 amide bonds. The molecule has 0 saturated heterocycles. The zero-order valence-electron chi connectivity index (χ0n) is 11.6. The zero-order valence-corrected chi connectivity index (χ0v) is 12.4. The average molecular weight is 336 g/mol. The maximum atomic E-state index is 14.0. The molecule has 118 valence electrons.